The number of nitrogens with one attached hydrogen (secondary N) is 1. The molecule has 2 aromatic carbocycles. The molecule has 0 saturated heterocycles. The fourth-order valence-corrected chi connectivity index (χ4v) is 4.69. The number of hydrogen-bond acceptors (Lipinski definition) is 2. The zero-order valence-corrected chi connectivity index (χ0v) is 14.6. The van der Waals surface area contributed by atoms with E-state index in [9.17, 15) is 0 Å². The topological polar surface area (TPSA) is 15.3 Å². The highest BCUT2D eigenvalue weighted by atomic mass is 28.3. The molecule has 0 aliphatic carbocycles. The SMILES string of the molecule is CCNCc1cccc(N(C)[Si](C)(C)c2ccccc2)c1. The quantitative estimate of drug-likeness (QED) is 0.823. The molecule has 0 fully saturated rings. The van der Waals surface area contributed by atoms with Crippen LogP contribution >= 0.6 is 0 Å². The fourth-order valence-electron chi connectivity index (χ4n) is 2.51. The summed E-state index contributed by atoms with van der Waals surface area (Å²) in [5.74, 6) is 0. The Bertz CT molecular complexity index is 566. The molecule has 2 aromatic rings. The minimum atomic E-state index is -1.66. The Labute approximate surface area is 129 Å². The maximum absolute atomic E-state index is 3.39. The number of hydrogen-bond donors (Lipinski definition) is 1. The number of rotatable bonds is 6. The first kappa shape index (κ1) is 15.8. The summed E-state index contributed by atoms with van der Waals surface area (Å²) in [6, 6.07) is 19.7. The summed E-state index contributed by atoms with van der Waals surface area (Å²) in [4.78, 5) is 0. The highest BCUT2D eigenvalue weighted by molar-refractivity contribution is 6.92. The highest BCUT2D eigenvalue weighted by Gasteiger charge is 2.29. The lowest BCUT2D eigenvalue weighted by Crippen LogP contribution is -2.56. The van der Waals surface area contributed by atoms with Crippen LogP contribution in [0.5, 0.6) is 0 Å². The lowest BCUT2D eigenvalue weighted by molar-refractivity contribution is 0.727. The second-order valence-electron chi connectivity index (χ2n) is 5.93. The summed E-state index contributed by atoms with van der Waals surface area (Å²) in [5, 5.41) is 4.86. The smallest absolute Gasteiger partial charge is 0.181 e. The van der Waals surface area contributed by atoms with E-state index < -0.39 is 8.24 Å². The van der Waals surface area contributed by atoms with Gasteiger partial charge in [0, 0.05) is 12.2 Å². The van der Waals surface area contributed by atoms with Crippen LogP contribution in [0.4, 0.5) is 5.69 Å². The lowest BCUT2D eigenvalue weighted by atomic mass is 10.2. The third-order valence-electron chi connectivity index (χ3n) is 4.20. The molecular formula is C18H26N2Si. The second-order valence-corrected chi connectivity index (χ2v) is 10.3. The van der Waals surface area contributed by atoms with Crippen LogP contribution in [0.15, 0.2) is 54.6 Å². The molecule has 0 aliphatic rings. The third-order valence-corrected chi connectivity index (χ3v) is 7.88. The van der Waals surface area contributed by atoms with Gasteiger partial charge in [0.15, 0.2) is 8.24 Å². The molecule has 0 amide bonds. The average molecular weight is 299 g/mol. The van der Waals surface area contributed by atoms with E-state index in [0.717, 1.165) is 13.1 Å². The lowest BCUT2D eigenvalue weighted by Gasteiger charge is -2.36. The Morgan fingerprint density at radius 3 is 2.38 bits per heavy atom. The molecule has 21 heavy (non-hydrogen) atoms. The van der Waals surface area contributed by atoms with Crippen molar-refractivity contribution in [1.29, 1.82) is 0 Å². The van der Waals surface area contributed by atoms with Gasteiger partial charge in [0.1, 0.15) is 0 Å². The first-order valence-corrected chi connectivity index (χ1v) is 10.6. The summed E-state index contributed by atoms with van der Waals surface area (Å²) in [5.41, 5.74) is 2.66. The van der Waals surface area contributed by atoms with Gasteiger partial charge in [-0.05, 0) is 49.6 Å². The number of nitrogens with zero attached hydrogens (tertiary/aromatic N) is 1. The van der Waals surface area contributed by atoms with Crippen LogP contribution < -0.4 is 15.1 Å². The highest BCUT2D eigenvalue weighted by Crippen LogP contribution is 2.21. The second kappa shape index (κ2) is 6.92. The van der Waals surface area contributed by atoms with Crippen molar-refractivity contribution in [3.05, 3.63) is 60.2 Å². The van der Waals surface area contributed by atoms with Crippen LogP contribution in [-0.2, 0) is 6.54 Å². The van der Waals surface area contributed by atoms with Crippen molar-refractivity contribution in [3.63, 3.8) is 0 Å². The number of benzene rings is 2. The van der Waals surface area contributed by atoms with Crippen molar-refractivity contribution in [3.8, 4) is 0 Å². The monoisotopic (exact) mass is 298 g/mol. The van der Waals surface area contributed by atoms with Crippen molar-refractivity contribution in [2.75, 3.05) is 18.2 Å². The van der Waals surface area contributed by atoms with Crippen molar-refractivity contribution in [2.24, 2.45) is 0 Å². The van der Waals surface area contributed by atoms with Crippen molar-refractivity contribution < 1.29 is 0 Å². The molecular weight excluding hydrogens is 272 g/mol. The predicted molar refractivity (Wildman–Crippen MR) is 95.8 cm³/mol. The van der Waals surface area contributed by atoms with Crippen LogP contribution in [0, 0.1) is 0 Å². The molecule has 0 saturated carbocycles. The average Bonchev–Trinajstić information content (AvgIpc) is 2.53. The summed E-state index contributed by atoms with van der Waals surface area (Å²) in [6.07, 6.45) is 0. The molecule has 3 heteroatoms. The Morgan fingerprint density at radius 1 is 1.00 bits per heavy atom. The summed E-state index contributed by atoms with van der Waals surface area (Å²) in [6.45, 7) is 8.88. The van der Waals surface area contributed by atoms with Crippen LogP contribution in [0.25, 0.3) is 0 Å². The van der Waals surface area contributed by atoms with Crippen LogP contribution in [-0.4, -0.2) is 21.8 Å². The third kappa shape index (κ3) is 3.74. The molecule has 2 rings (SSSR count). The molecule has 0 aliphatic heterocycles. The zero-order valence-electron chi connectivity index (χ0n) is 13.6. The van der Waals surface area contributed by atoms with Gasteiger partial charge in [0.2, 0.25) is 0 Å². The Morgan fingerprint density at radius 2 is 1.71 bits per heavy atom. The Kier molecular flexibility index (Phi) is 5.20. The van der Waals surface area contributed by atoms with E-state index in [2.05, 4.69) is 91.5 Å². The van der Waals surface area contributed by atoms with Gasteiger partial charge in [-0.2, -0.15) is 0 Å². The molecule has 1 N–H and O–H groups in total. The molecule has 2 nitrogen and oxygen atoms in total. The van der Waals surface area contributed by atoms with Gasteiger partial charge in [-0.15, -0.1) is 0 Å². The maximum Gasteiger partial charge on any atom is 0.181 e. The molecule has 0 unspecified atom stereocenters. The van der Waals surface area contributed by atoms with Gasteiger partial charge in [-0.3, -0.25) is 0 Å². The van der Waals surface area contributed by atoms with Crippen molar-refractivity contribution in [1.82, 2.24) is 5.32 Å². The van der Waals surface area contributed by atoms with E-state index in [4.69, 9.17) is 0 Å². The minimum Gasteiger partial charge on any atom is -0.396 e. The Hall–Kier alpha value is -1.58. The van der Waals surface area contributed by atoms with E-state index in [-0.39, 0.29) is 0 Å². The molecule has 0 aromatic heterocycles. The summed E-state index contributed by atoms with van der Waals surface area (Å²) in [7, 11) is 0.563. The van der Waals surface area contributed by atoms with E-state index in [1.807, 2.05) is 0 Å². The molecule has 0 radical (unpaired) electrons. The molecule has 0 atom stereocenters. The van der Waals surface area contributed by atoms with E-state index in [1.165, 1.54) is 16.4 Å². The fraction of sp³-hybridized carbons (Fsp3) is 0.333. The Balaban J connectivity index is 2.24. The summed E-state index contributed by atoms with van der Waals surface area (Å²) >= 11 is 0. The van der Waals surface area contributed by atoms with Gasteiger partial charge in [0.05, 0.1) is 0 Å². The largest absolute Gasteiger partial charge is 0.396 e. The maximum atomic E-state index is 3.39. The normalized spacial score (nSPS) is 11.4. The van der Waals surface area contributed by atoms with Crippen LogP contribution in [0.3, 0.4) is 0 Å². The van der Waals surface area contributed by atoms with Crippen molar-refractivity contribution >= 4 is 19.1 Å². The summed E-state index contributed by atoms with van der Waals surface area (Å²) < 4.78 is 2.48. The van der Waals surface area contributed by atoms with E-state index in [0.29, 0.717) is 0 Å². The molecule has 0 spiro atoms. The number of anilines is 1. The van der Waals surface area contributed by atoms with Gasteiger partial charge in [-0.25, -0.2) is 0 Å². The van der Waals surface area contributed by atoms with Gasteiger partial charge in [-0.1, -0.05) is 49.4 Å². The molecule has 0 heterocycles. The van der Waals surface area contributed by atoms with Crippen molar-refractivity contribution in [2.45, 2.75) is 26.6 Å². The first-order chi connectivity index (χ1) is 10.1. The predicted octanol–water partition coefficient (Wildman–Crippen LogP) is 3.34. The van der Waals surface area contributed by atoms with Crippen LogP contribution in [0.2, 0.25) is 13.1 Å². The molecule has 112 valence electrons. The standard InChI is InChI=1S/C18H26N2Si/c1-5-19-15-16-10-9-11-17(14-16)20(2)21(3,4)18-12-7-6-8-13-18/h6-14,19H,5,15H2,1-4H3. The molecule has 0 bridgehead atoms. The van der Waals surface area contributed by atoms with Gasteiger partial charge >= 0.3 is 0 Å². The first-order valence-electron chi connectivity index (χ1n) is 7.64. The van der Waals surface area contributed by atoms with Gasteiger partial charge in [0.25, 0.3) is 0 Å². The van der Waals surface area contributed by atoms with Gasteiger partial charge < -0.3 is 9.88 Å². The van der Waals surface area contributed by atoms with E-state index >= 15 is 0 Å². The van der Waals surface area contributed by atoms with E-state index in [1.54, 1.807) is 0 Å². The minimum absolute atomic E-state index is 0.936. The van der Waals surface area contributed by atoms with Crippen LogP contribution in [0.1, 0.15) is 12.5 Å². The zero-order chi connectivity index (χ0) is 15.3.